The van der Waals surface area contributed by atoms with Gasteiger partial charge < -0.3 is 33.5 Å². The van der Waals surface area contributed by atoms with E-state index >= 15 is 0 Å². The summed E-state index contributed by atoms with van der Waals surface area (Å²) in [5, 5.41) is 4.50. The van der Waals surface area contributed by atoms with Crippen LogP contribution < -0.4 is 28.7 Å². The fraction of sp³-hybridized carbons (Fsp3) is 0.882. The lowest BCUT2D eigenvalue weighted by Gasteiger charge is -1.99. The molecule has 0 N–H and O–H groups in total. The van der Waals surface area contributed by atoms with Gasteiger partial charge in [0.2, 0.25) is 0 Å². The number of nitrogens with zero attached hydrogens (tertiary/aromatic N) is 3. The van der Waals surface area contributed by atoms with Crippen molar-refractivity contribution in [1.29, 1.82) is 0 Å². The summed E-state index contributed by atoms with van der Waals surface area (Å²) in [6.45, 7) is 5.44. The molecule has 6 heteroatoms. The Kier molecular flexibility index (Phi) is 11.0. The lowest BCUT2D eigenvalue weighted by atomic mass is 10.1. The molecular formula is C17H32IN3O2. The molecule has 1 atom stereocenters. The molecule has 23 heavy (non-hydrogen) atoms. The van der Waals surface area contributed by atoms with Crippen LogP contribution in [0, 0.1) is 0 Å². The van der Waals surface area contributed by atoms with Gasteiger partial charge in [0.25, 0.3) is 0 Å². The third kappa shape index (κ3) is 9.00. The number of ether oxygens (including phenoxy) is 2. The molecule has 0 bridgehead atoms. The second kappa shape index (κ2) is 12.2. The molecule has 1 saturated heterocycles. The van der Waals surface area contributed by atoms with Crippen molar-refractivity contribution in [3.05, 3.63) is 11.9 Å². The summed E-state index contributed by atoms with van der Waals surface area (Å²) in [6, 6.07) is 0. The van der Waals surface area contributed by atoms with Gasteiger partial charge in [-0.05, 0) is 12.8 Å². The highest BCUT2D eigenvalue weighted by atomic mass is 127. The summed E-state index contributed by atoms with van der Waals surface area (Å²) < 4.78 is 14.7. The van der Waals surface area contributed by atoms with Gasteiger partial charge in [-0.2, -0.15) is 0 Å². The summed E-state index contributed by atoms with van der Waals surface area (Å²) >= 11 is 0. The average molecular weight is 437 g/mol. The third-order valence-corrected chi connectivity index (χ3v) is 4.16. The van der Waals surface area contributed by atoms with E-state index in [1.165, 1.54) is 51.4 Å². The maximum Gasteiger partial charge on any atom is 0.192 e. The van der Waals surface area contributed by atoms with Crippen LogP contribution in [-0.2, 0) is 29.7 Å². The van der Waals surface area contributed by atoms with Crippen LogP contribution in [0.15, 0.2) is 6.20 Å². The molecule has 0 aromatic carbocycles. The number of hydrogen-bond donors (Lipinski definition) is 0. The van der Waals surface area contributed by atoms with Gasteiger partial charge in [-0.25, -0.2) is 0 Å². The highest BCUT2D eigenvalue weighted by molar-refractivity contribution is 4.87. The van der Waals surface area contributed by atoms with Crippen molar-refractivity contribution in [1.82, 2.24) is 9.90 Å². The van der Waals surface area contributed by atoms with Crippen LogP contribution in [0.25, 0.3) is 0 Å². The average Bonchev–Trinajstić information content (AvgIpc) is 3.26. The smallest absolute Gasteiger partial charge is 0.192 e. The topological polar surface area (TPSA) is 43.5 Å². The molecule has 1 aromatic rings. The van der Waals surface area contributed by atoms with Crippen molar-refractivity contribution >= 4 is 0 Å². The number of halogens is 1. The molecule has 134 valence electrons. The fourth-order valence-electron chi connectivity index (χ4n) is 2.62. The Balaban J connectivity index is 0.00000264. The van der Waals surface area contributed by atoms with E-state index in [9.17, 15) is 0 Å². The minimum atomic E-state index is 0. The molecule has 1 unspecified atom stereocenters. The molecule has 1 fully saturated rings. The molecule has 2 heterocycles. The Morgan fingerprint density at radius 2 is 1.87 bits per heavy atom. The second-order valence-corrected chi connectivity index (χ2v) is 6.34. The Hall–Kier alpha value is -0.210. The van der Waals surface area contributed by atoms with Crippen LogP contribution in [0.1, 0.15) is 64.0 Å². The second-order valence-electron chi connectivity index (χ2n) is 6.34. The van der Waals surface area contributed by atoms with Crippen LogP contribution in [0.4, 0.5) is 0 Å². The van der Waals surface area contributed by atoms with E-state index in [2.05, 4.69) is 18.3 Å². The van der Waals surface area contributed by atoms with E-state index < -0.39 is 0 Å². The van der Waals surface area contributed by atoms with Crippen LogP contribution in [-0.4, -0.2) is 29.2 Å². The van der Waals surface area contributed by atoms with Crippen LogP contribution in [0.5, 0.6) is 0 Å². The maximum atomic E-state index is 5.63. The van der Waals surface area contributed by atoms with Crippen LogP contribution in [0.2, 0.25) is 0 Å². The largest absolute Gasteiger partial charge is 1.00 e. The van der Waals surface area contributed by atoms with Gasteiger partial charge in [-0.15, -0.1) is 9.36 Å². The quantitative estimate of drug-likeness (QED) is 0.185. The summed E-state index contributed by atoms with van der Waals surface area (Å²) in [6.07, 6.45) is 13.2. The molecule has 1 aliphatic heterocycles. The minimum Gasteiger partial charge on any atom is -1.00 e. The Morgan fingerprint density at radius 1 is 1.22 bits per heavy atom. The van der Waals surface area contributed by atoms with Gasteiger partial charge in [0.1, 0.15) is 26.3 Å². The van der Waals surface area contributed by atoms with Crippen molar-refractivity contribution in [2.45, 2.75) is 77.5 Å². The minimum absolute atomic E-state index is 0. The molecule has 0 saturated carbocycles. The summed E-state index contributed by atoms with van der Waals surface area (Å²) in [7, 11) is 1.98. The van der Waals surface area contributed by atoms with Crippen molar-refractivity contribution in [2.75, 3.05) is 13.2 Å². The normalized spacial score (nSPS) is 16.3. The molecular weight excluding hydrogens is 405 g/mol. The number of unbranched alkanes of at least 4 members (excludes halogenated alkanes) is 7. The number of aryl methyl sites for hydroxylation is 2. The van der Waals surface area contributed by atoms with E-state index in [1.807, 2.05) is 16.4 Å². The van der Waals surface area contributed by atoms with E-state index in [4.69, 9.17) is 9.47 Å². The van der Waals surface area contributed by atoms with Gasteiger partial charge >= 0.3 is 0 Å². The molecule has 0 amide bonds. The van der Waals surface area contributed by atoms with E-state index in [1.54, 1.807) is 0 Å². The van der Waals surface area contributed by atoms with Crippen LogP contribution in [0.3, 0.4) is 0 Å². The van der Waals surface area contributed by atoms with Crippen molar-refractivity contribution in [3.63, 3.8) is 0 Å². The molecule has 1 aromatic heterocycles. The molecule has 0 radical (unpaired) electrons. The molecule has 2 rings (SSSR count). The Morgan fingerprint density at radius 3 is 2.52 bits per heavy atom. The summed E-state index contributed by atoms with van der Waals surface area (Å²) in [5.41, 5.74) is 1.13. The third-order valence-electron chi connectivity index (χ3n) is 4.16. The van der Waals surface area contributed by atoms with Gasteiger partial charge in [-0.3, -0.25) is 0 Å². The maximum absolute atomic E-state index is 5.63. The Labute approximate surface area is 157 Å². The van der Waals surface area contributed by atoms with Gasteiger partial charge in [-0.1, -0.05) is 45.4 Å². The lowest BCUT2D eigenvalue weighted by Crippen LogP contribution is -3.00. The predicted octanol–water partition coefficient (Wildman–Crippen LogP) is -0.232. The summed E-state index contributed by atoms with van der Waals surface area (Å²) in [4.78, 5) is 0. The van der Waals surface area contributed by atoms with Crippen molar-refractivity contribution < 1.29 is 38.1 Å². The molecule has 5 nitrogen and oxygen atoms in total. The fourth-order valence-corrected chi connectivity index (χ4v) is 2.62. The number of epoxide rings is 1. The van der Waals surface area contributed by atoms with E-state index in [0.29, 0.717) is 19.3 Å². The van der Waals surface area contributed by atoms with Gasteiger partial charge in [0.15, 0.2) is 11.9 Å². The zero-order valence-electron chi connectivity index (χ0n) is 14.7. The predicted molar refractivity (Wildman–Crippen MR) is 85.4 cm³/mol. The first-order valence-corrected chi connectivity index (χ1v) is 8.91. The van der Waals surface area contributed by atoms with E-state index in [-0.39, 0.29) is 24.0 Å². The van der Waals surface area contributed by atoms with Gasteiger partial charge in [0, 0.05) is 0 Å². The highest BCUT2D eigenvalue weighted by Gasteiger charge is 2.23. The van der Waals surface area contributed by atoms with Gasteiger partial charge in [0.05, 0.1) is 18.4 Å². The standard InChI is InChI=1S/C17H32N3O2.HI/c1-3-4-5-6-7-8-9-10-11-20-12-16(19(2)18-20)13-21-14-17-15-22-17;/h12,17H,3-11,13-15H2,1-2H3;1H/q+1;/p-1. The first-order valence-electron chi connectivity index (χ1n) is 8.91. The first-order chi connectivity index (χ1) is 10.8. The highest BCUT2D eigenvalue weighted by Crippen LogP contribution is 2.10. The molecule has 0 aliphatic carbocycles. The lowest BCUT2D eigenvalue weighted by molar-refractivity contribution is -0.755. The number of hydrogen-bond acceptors (Lipinski definition) is 3. The SMILES string of the molecule is CCCCCCCCCC[n+]1cc(COCC2CO2)n(C)n1.[I-]. The zero-order valence-corrected chi connectivity index (χ0v) is 16.8. The van der Waals surface area contributed by atoms with Crippen molar-refractivity contribution in [3.8, 4) is 0 Å². The summed E-state index contributed by atoms with van der Waals surface area (Å²) in [5.74, 6) is 0. The van der Waals surface area contributed by atoms with Crippen LogP contribution >= 0.6 is 0 Å². The van der Waals surface area contributed by atoms with E-state index in [0.717, 1.165) is 18.8 Å². The molecule has 0 spiro atoms. The zero-order chi connectivity index (χ0) is 15.6. The first kappa shape index (κ1) is 20.8. The Bertz CT molecular complexity index is 422. The monoisotopic (exact) mass is 437 g/mol. The number of rotatable bonds is 13. The number of aromatic nitrogens is 3. The van der Waals surface area contributed by atoms with Crippen molar-refractivity contribution in [2.24, 2.45) is 7.05 Å². The molecule has 1 aliphatic rings.